The Kier molecular flexibility index (Phi) is 7.34. The van der Waals surface area contributed by atoms with Crippen molar-refractivity contribution < 1.29 is 18.0 Å². The number of nitrogens with one attached hydrogen (secondary N) is 1. The van der Waals surface area contributed by atoms with Crippen LogP contribution in [-0.4, -0.2) is 44.4 Å². The van der Waals surface area contributed by atoms with Gasteiger partial charge in [-0.15, -0.1) is 10.2 Å². The lowest BCUT2D eigenvalue weighted by Crippen LogP contribution is -2.22. The van der Waals surface area contributed by atoms with Crippen molar-refractivity contribution in [3.05, 3.63) is 71.5 Å². The summed E-state index contributed by atoms with van der Waals surface area (Å²) < 4.78 is 41.6. The van der Waals surface area contributed by atoms with E-state index in [2.05, 4.69) is 20.4 Å². The van der Waals surface area contributed by atoms with Crippen LogP contribution in [0.15, 0.2) is 59.8 Å². The predicted octanol–water partition coefficient (Wildman–Crippen LogP) is 4.67. The van der Waals surface area contributed by atoms with E-state index in [4.69, 9.17) is 0 Å². The van der Waals surface area contributed by atoms with Crippen LogP contribution in [0.25, 0.3) is 0 Å². The molecule has 6 nitrogen and oxygen atoms in total. The molecule has 2 aromatic carbocycles. The van der Waals surface area contributed by atoms with E-state index in [9.17, 15) is 18.0 Å². The van der Waals surface area contributed by atoms with Gasteiger partial charge in [-0.2, -0.15) is 13.2 Å². The number of anilines is 1. The maximum absolute atomic E-state index is 13.2. The normalized spacial score (nSPS) is 14.5. The average molecular weight is 476 g/mol. The van der Waals surface area contributed by atoms with Crippen molar-refractivity contribution in [2.45, 2.75) is 37.3 Å². The molecule has 1 aliphatic rings. The van der Waals surface area contributed by atoms with Crippen LogP contribution in [0.2, 0.25) is 0 Å². The monoisotopic (exact) mass is 475 g/mol. The number of carbonyl (C=O) groups excluding carboxylic acids is 1. The van der Waals surface area contributed by atoms with Crippen LogP contribution in [0, 0.1) is 0 Å². The van der Waals surface area contributed by atoms with Gasteiger partial charge in [0, 0.05) is 0 Å². The van der Waals surface area contributed by atoms with E-state index in [1.54, 1.807) is 0 Å². The third-order valence-corrected chi connectivity index (χ3v) is 6.35. The van der Waals surface area contributed by atoms with Crippen LogP contribution < -0.4 is 5.32 Å². The highest BCUT2D eigenvalue weighted by Crippen LogP contribution is 2.34. The van der Waals surface area contributed by atoms with Crippen LogP contribution >= 0.6 is 11.8 Å². The Morgan fingerprint density at radius 2 is 1.67 bits per heavy atom. The highest BCUT2D eigenvalue weighted by atomic mass is 32.2. The van der Waals surface area contributed by atoms with Crippen LogP contribution in [0.5, 0.6) is 0 Å². The Bertz CT molecular complexity index is 1080. The third kappa shape index (κ3) is 6.14. The van der Waals surface area contributed by atoms with E-state index in [1.807, 2.05) is 34.9 Å². The smallest absolute Gasteiger partial charge is 0.325 e. The van der Waals surface area contributed by atoms with E-state index in [-0.39, 0.29) is 11.4 Å². The Hall–Kier alpha value is -2.85. The summed E-state index contributed by atoms with van der Waals surface area (Å²) in [6.07, 6.45) is -2.22. The van der Waals surface area contributed by atoms with Gasteiger partial charge in [0.2, 0.25) is 5.91 Å². The molecule has 174 valence electrons. The van der Waals surface area contributed by atoms with Crippen LogP contribution in [0.3, 0.4) is 0 Å². The second-order valence-electron chi connectivity index (χ2n) is 7.83. The number of thioether (sulfide) groups is 1. The van der Waals surface area contributed by atoms with E-state index in [0.717, 1.165) is 55.1 Å². The van der Waals surface area contributed by atoms with Crippen molar-refractivity contribution in [3.63, 3.8) is 0 Å². The first-order valence-corrected chi connectivity index (χ1v) is 11.7. The molecule has 1 N–H and O–H groups in total. The second kappa shape index (κ2) is 10.4. The van der Waals surface area contributed by atoms with E-state index in [0.29, 0.717) is 18.2 Å². The third-order valence-electron chi connectivity index (χ3n) is 5.38. The topological polar surface area (TPSA) is 63.1 Å². The minimum atomic E-state index is -4.54. The molecular weight excluding hydrogens is 451 g/mol. The number of benzene rings is 2. The fourth-order valence-corrected chi connectivity index (χ4v) is 4.52. The zero-order valence-electron chi connectivity index (χ0n) is 17.9. The fraction of sp³-hybridized carbons (Fsp3) is 0.348. The minimum absolute atomic E-state index is 0.0805. The predicted molar refractivity (Wildman–Crippen MR) is 121 cm³/mol. The number of carbonyl (C=O) groups is 1. The van der Waals surface area contributed by atoms with Gasteiger partial charge in [-0.3, -0.25) is 9.69 Å². The Morgan fingerprint density at radius 3 is 2.39 bits per heavy atom. The molecule has 10 heteroatoms. The van der Waals surface area contributed by atoms with Crippen LogP contribution in [0.1, 0.15) is 29.8 Å². The van der Waals surface area contributed by atoms with E-state index in [1.165, 1.54) is 18.2 Å². The van der Waals surface area contributed by atoms with Crippen molar-refractivity contribution in [2.24, 2.45) is 0 Å². The Morgan fingerprint density at radius 1 is 0.970 bits per heavy atom. The zero-order chi connectivity index (χ0) is 23.3. The van der Waals surface area contributed by atoms with Crippen molar-refractivity contribution >= 4 is 23.4 Å². The van der Waals surface area contributed by atoms with Crippen molar-refractivity contribution in [1.29, 1.82) is 0 Å². The number of aromatic nitrogens is 3. The molecule has 0 aliphatic carbocycles. The average Bonchev–Trinajstić information content (AvgIpc) is 3.43. The summed E-state index contributed by atoms with van der Waals surface area (Å²) >= 11 is 1.16. The second-order valence-corrected chi connectivity index (χ2v) is 8.78. The first-order chi connectivity index (χ1) is 15.9. The quantitative estimate of drug-likeness (QED) is 0.480. The summed E-state index contributed by atoms with van der Waals surface area (Å²) in [5.74, 6) is 0.196. The molecule has 1 fully saturated rings. The molecule has 0 bridgehead atoms. The summed E-state index contributed by atoms with van der Waals surface area (Å²) in [5, 5.41) is 11.6. The number of para-hydroxylation sites is 1. The molecule has 0 spiro atoms. The number of nitrogens with zero attached hydrogens (tertiary/aromatic N) is 4. The Labute approximate surface area is 194 Å². The molecule has 1 saturated heterocycles. The molecule has 1 aliphatic heterocycles. The fourth-order valence-electron chi connectivity index (χ4n) is 3.76. The lowest BCUT2D eigenvalue weighted by molar-refractivity contribution is -0.137. The standard InChI is InChI=1S/C23H24F3N5OS/c24-23(25,26)18-10-4-5-11-19(18)27-21(32)16-33-22-29-28-20(15-30-12-6-7-13-30)31(22)14-17-8-2-1-3-9-17/h1-5,8-11H,6-7,12-16H2,(H,27,32). The van der Waals surface area contributed by atoms with Gasteiger partial charge in [0.05, 0.1) is 30.1 Å². The molecule has 0 saturated carbocycles. The number of likely N-dealkylation sites (tertiary alicyclic amines) is 1. The van der Waals surface area contributed by atoms with Gasteiger partial charge in [-0.1, -0.05) is 54.2 Å². The maximum atomic E-state index is 13.2. The molecule has 3 aromatic rings. The Balaban J connectivity index is 1.47. The number of amides is 1. The van der Waals surface area contributed by atoms with Crippen LogP contribution in [0.4, 0.5) is 18.9 Å². The highest BCUT2D eigenvalue weighted by molar-refractivity contribution is 7.99. The largest absolute Gasteiger partial charge is 0.418 e. The van der Waals surface area contributed by atoms with Gasteiger partial charge in [0.25, 0.3) is 0 Å². The highest BCUT2D eigenvalue weighted by Gasteiger charge is 2.33. The molecule has 1 amide bonds. The van der Waals surface area contributed by atoms with Crippen molar-refractivity contribution in [1.82, 2.24) is 19.7 Å². The summed E-state index contributed by atoms with van der Waals surface area (Å²) in [6.45, 7) is 3.26. The molecule has 1 aromatic heterocycles. The molecule has 33 heavy (non-hydrogen) atoms. The summed E-state index contributed by atoms with van der Waals surface area (Å²) in [6, 6.07) is 14.8. The van der Waals surface area contributed by atoms with E-state index < -0.39 is 17.6 Å². The molecule has 0 unspecified atom stereocenters. The SMILES string of the molecule is O=C(CSc1nnc(CN2CCCC2)n1Cc1ccccc1)Nc1ccccc1C(F)(F)F. The summed E-state index contributed by atoms with van der Waals surface area (Å²) in [4.78, 5) is 14.8. The van der Waals surface area contributed by atoms with Gasteiger partial charge >= 0.3 is 6.18 Å². The molecule has 0 atom stereocenters. The molecular formula is C23H24F3N5OS. The molecule has 2 heterocycles. The first-order valence-electron chi connectivity index (χ1n) is 10.7. The number of hydrogen-bond acceptors (Lipinski definition) is 5. The summed E-state index contributed by atoms with van der Waals surface area (Å²) in [7, 11) is 0. The lowest BCUT2D eigenvalue weighted by Gasteiger charge is -2.16. The first kappa shape index (κ1) is 23.3. The molecule has 4 rings (SSSR count). The van der Waals surface area contributed by atoms with Gasteiger partial charge in [-0.25, -0.2) is 0 Å². The molecule has 0 radical (unpaired) electrons. The maximum Gasteiger partial charge on any atom is 0.418 e. The van der Waals surface area contributed by atoms with Gasteiger partial charge in [-0.05, 0) is 43.6 Å². The summed E-state index contributed by atoms with van der Waals surface area (Å²) in [5.41, 5.74) is -0.0510. The van der Waals surface area contributed by atoms with Crippen LogP contribution in [-0.2, 0) is 24.1 Å². The van der Waals surface area contributed by atoms with Crippen molar-refractivity contribution in [3.8, 4) is 0 Å². The lowest BCUT2D eigenvalue weighted by atomic mass is 10.1. The number of rotatable bonds is 8. The van der Waals surface area contributed by atoms with Gasteiger partial charge < -0.3 is 9.88 Å². The number of hydrogen-bond donors (Lipinski definition) is 1. The zero-order valence-corrected chi connectivity index (χ0v) is 18.7. The van der Waals surface area contributed by atoms with E-state index >= 15 is 0 Å². The van der Waals surface area contributed by atoms with Gasteiger partial charge in [0.1, 0.15) is 5.82 Å². The minimum Gasteiger partial charge on any atom is -0.325 e. The number of halogens is 3. The van der Waals surface area contributed by atoms with Gasteiger partial charge in [0.15, 0.2) is 5.16 Å². The van der Waals surface area contributed by atoms with Crippen molar-refractivity contribution in [2.75, 3.05) is 24.2 Å². The number of alkyl halides is 3.